The molecule has 0 radical (unpaired) electrons. The number of hydrogen-bond acceptors (Lipinski definition) is 3. The van der Waals surface area contributed by atoms with E-state index in [9.17, 15) is 4.79 Å². The van der Waals surface area contributed by atoms with Gasteiger partial charge in [-0.25, -0.2) is 4.79 Å². The number of rotatable bonds is 9. The van der Waals surface area contributed by atoms with Gasteiger partial charge in [-0.3, -0.25) is 0 Å². The summed E-state index contributed by atoms with van der Waals surface area (Å²) in [4.78, 5) is 10.7. The summed E-state index contributed by atoms with van der Waals surface area (Å²) in [6.45, 7) is 2.22. The van der Waals surface area contributed by atoms with E-state index < -0.39 is 5.82 Å². The predicted octanol–water partition coefficient (Wildman–Crippen LogP) is 4.57. The molecule has 0 unspecified atom stereocenters. The molecule has 4 heteroatoms. The number of halogens is 1. The van der Waals surface area contributed by atoms with Gasteiger partial charge in [-0.1, -0.05) is 51.9 Å². The second kappa shape index (κ2) is 8.40. The highest BCUT2D eigenvalue weighted by atomic mass is 35.5. The van der Waals surface area contributed by atoms with Crippen LogP contribution in [0.15, 0.2) is 13.6 Å². The van der Waals surface area contributed by atoms with Gasteiger partial charge < -0.3 is 8.83 Å². The highest BCUT2D eigenvalue weighted by molar-refractivity contribution is 6.29. The van der Waals surface area contributed by atoms with Crippen molar-refractivity contribution in [2.75, 3.05) is 0 Å². The van der Waals surface area contributed by atoms with E-state index in [2.05, 4.69) is 11.3 Å². The highest BCUT2D eigenvalue weighted by Crippen LogP contribution is 2.17. The van der Waals surface area contributed by atoms with Crippen molar-refractivity contribution in [2.45, 2.75) is 64.7 Å². The summed E-state index contributed by atoms with van der Waals surface area (Å²) in [6.07, 6.45) is 10.7. The Bertz CT molecular complexity index is 354. The van der Waals surface area contributed by atoms with E-state index in [1.807, 2.05) is 0 Å². The van der Waals surface area contributed by atoms with Crippen molar-refractivity contribution in [1.29, 1.82) is 0 Å². The third-order valence-electron chi connectivity index (χ3n) is 2.86. The van der Waals surface area contributed by atoms with Crippen molar-refractivity contribution < 1.29 is 8.83 Å². The molecule has 0 atom stereocenters. The second-order valence-corrected chi connectivity index (χ2v) is 4.72. The highest BCUT2D eigenvalue weighted by Gasteiger charge is 2.09. The Hall–Kier alpha value is -0.700. The van der Waals surface area contributed by atoms with Crippen LogP contribution in [0.4, 0.5) is 0 Å². The van der Waals surface area contributed by atoms with E-state index in [1.54, 1.807) is 0 Å². The van der Waals surface area contributed by atoms with Gasteiger partial charge in [-0.05, 0) is 18.0 Å². The van der Waals surface area contributed by atoms with Crippen molar-refractivity contribution in [1.82, 2.24) is 0 Å². The maximum absolute atomic E-state index is 10.7. The van der Waals surface area contributed by atoms with Crippen LogP contribution < -0.4 is 5.82 Å². The lowest BCUT2D eigenvalue weighted by atomic mass is 10.1. The lowest BCUT2D eigenvalue weighted by Gasteiger charge is -2.00. The fourth-order valence-corrected chi connectivity index (χ4v) is 2.06. The summed E-state index contributed by atoms with van der Waals surface area (Å²) < 4.78 is 9.40. The van der Waals surface area contributed by atoms with Crippen LogP contribution in [0.3, 0.4) is 0 Å². The largest absolute Gasteiger partial charge is 0.520 e. The molecule has 0 saturated carbocycles. The van der Waals surface area contributed by atoms with Crippen LogP contribution in [0, 0.1) is 0 Å². The van der Waals surface area contributed by atoms with E-state index in [-0.39, 0.29) is 5.22 Å². The first kappa shape index (κ1) is 14.4. The molecule has 1 aromatic rings. The third kappa shape index (κ3) is 5.97. The van der Waals surface area contributed by atoms with Crippen LogP contribution in [0.1, 0.15) is 64.1 Å². The zero-order valence-corrected chi connectivity index (χ0v) is 11.2. The Kier molecular flexibility index (Phi) is 7.10. The Morgan fingerprint density at radius 1 is 0.941 bits per heavy atom. The molecule has 1 aromatic heterocycles. The first-order chi connectivity index (χ1) is 8.24. The molecule has 0 aliphatic carbocycles. The van der Waals surface area contributed by atoms with Crippen LogP contribution in [-0.4, -0.2) is 0 Å². The molecule has 0 aliphatic rings. The van der Waals surface area contributed by atoms with Crippen LogP contribution in [0.5, 0.6) is 0 Å². The van der Waals surface area contributed by atoms with E-state index in [0.717, 1.165) is 12.8 Å². The standard InChI is InChI=1S/C13H21ClO3/c1-2-3-4-5-6-7-8-9-10-11-12(14)17-13(15)16-11/h2-10H2,1H3. The molecule has 0 saturated heterocycles. The maximum atomic E-state index is 10.7. The third-order valence-corrected chi connectivity index (χ3v) is 3.14. The van der Waals surface area contributed by atoms with Gasteiger partial charge in [0.1, 0.15) is 0 Å². The Balaban J connectivity index is 2.01. The van der Waals surface area contributed by atoms with Crippen LogP contribution in [-0.2, 0) is 6.42 Å². The Labute approximate surface area is 107 Å². The topological polar surface area (TPSA) is 43.4 Å². The minimum atomic E-state index is -0.704. The van der Waals surface area contributed by atoms with Gasteiger partial charge in [0.05, 0.1) is 0 Å². The van der Waals surface area contributed by atoms with E-state index >= 15 is 0 Å². The Morgan fingerprint density at radius 2 is 1.53 bits per heavy atom. The number of hydrogen-bond donors (Lipinski definition) is 0. The van der Waals surface area contributed by atoms with Crippen molar-refractivity contribution >= 4 is 11.6 Å². The smallest absolute Gasteiger partial charge is 0.394 e. The Morgan fingerprint density at radius 3 is 2.06 bits per heavy atom. The molecule has 0 fully saturated rings. The van der Waals surface area contributed by atoms with Crippen molar-refractivity contribution in [3.05, 3.63) is 21.6 Å². The van der Waals surface area contributed by atoms with E-state index in [0.29, 0.717) is 12.2 Å². The van der Waals surface area contributed by atoms with E-state index in [4.69, 9.17) is 16.0 Å². The SMILES string of the molecule is CCCCCCCCCCc1oc(=O)oc1Cl. The minimum Gasteiger partial charge on any atom is -0.394 e. The first-order valence-corrected chi connectivity index (χ1v) is 6.90. The van der Waals surface area contributed by atoms with Crippen LogP contribution in [0.2, 0.25) is 5.22 Å². The predicted molar refractivity (Wildman–Crippen MR) is 68.6 cm³/mol. The molecule has 3 nitrogen and oxygen atoms in total. The summed E-state index contributed by atoms with van der Waals surface area (Å²) in [6, 6.07) is 0. The average molecular weight is 261 g/mol. The quantitative estimate of drug-likeness (QED) is 0.611. The summed E-state index contributed by atoms with van der Waals surface area (Å²) in [5.74, 6) is -0.216. The van der Waals surface area contributed by atoms with Gasteiger partial charge in [-0.2, -0.15) is 0 Å². The molecule has 0 bridgehead atoms. The molecule has 0 N–H and O–H groups in total. The van der Waals surface area contributed by atoms with Gasteiger partial charge >= 0.3 is 5.82 Å². The molecule has 0 spiro atoms. The summed E-state index contributed by atoms with van der Waals surface area (Å²) >= 11 is 5.68. The molecule has 0 aliphatic heterocycles. The fourth-order valence-electron chi connectivity index (χ4n) is 1.86. The summed E-state index contributed by atoms with van der Waals surface area (Å²) in [5, 5.41) is 0.109. The molecule has 0 amide bonds. The van der Waals surface area contributed by atoms with Crippen molar-refractivity contribution in [3.63, 3.8) is 0 Å². The first-order valence-electron chi connectivity index (χ1n) is 6.52. The normalized spacial score (nSPS) is 10.9. The van der Waals surface area contributed by atoms with Gasteiger partial charge in [-0.15, -0.1) is 0 Å². The summed E-state index contributed by atoms with van der Waals surface area (Å²) in [5.41, 5.74) is 0. The summed E-state index contributed by atoms with van der Waals surface area (Å²) in [7, 11) is 0. The van der Waals surface area contributed by atoms with Crippen molar-refractivity contribution in [3.8, 4) is 0 Å². The molecule has 17 heavy (non-hydrogen) atoms. The van der Waals surface area contributed by atoms with Gasteiger partial charge in [0.25, 0.3) is 0 Å². The number of unbranched alkanes of at least 4 members (excludes halogenated alkanes) is 7. The average Bonchev–Trinajstić information content (AvgIpc) is 2.61. The monoisotopic (exact) mass is 260 g/mol. The van der Waals surface area contributed by atoms with Gasteiger partial charge in [0.2, 0.25) is 5.22 Å². The molecular weight excluding hydrogens is 240 g/mol. The van der Waals surface area contributed by atoms with E-state index in [1.165, 1.54) is 38.5 Å². The van der Waals surface area contributed by atoms with Gasteiger partial charge in [0, 0.05) is 6.42 Å². The van der Waals surface area contributed by atoms with Crippen LogP contribution >= 0.6 is 11.6 Å². The maximum Gasteiger partial charge on any atom is 0.520 e. The minimum absolute atomic E-state index is 0.109. The zero-order valence-electron chi connectivity index (χ0n) is 10.5. The zero-order chi connectivity index (χ0) is 12.5. The second-order valence-electron chi connectivity index (χ2n) is 4.38. The molecular formula is C13H21ClO3. The lowest BCUT2D eigenvalue weighted by Crippen LogP contribution is -1.88. The molecule has 1 heterocycles. The van der Waals surface area contributed by atoms with Crippen LogP contribution in [0.25, 0.3) is 0 Å². The number of aryl methyl sites for hydroxylation is 1. The van der Waals surface area contributed by atoms with Gasteiger partial charge in [0.15, 0.2) is 5.76 Å². The molecule has 1 rings (SSSR count). The molecule has 0 aromatic carbocycles. The van der Waals surface area contributed by atoms with Crippen molar-refractivity contribution in [2.24, 2.45) is 0 Å². The fraction of sp³-hybridized carbons (Fsp3) is 0.769. The lowest BCUT2D eigenvalue weighted by molar-refractivity contribution is 0.372. The molecule has 98 valence electrons.